The Morgan fingerprint density at radius 2 is 1.50 bits per heavy atom. The molecule has 240 valence electrons. The van der Waals surface area contributed by atoms with Crippen molar-refractivity contribution in [1.82, 2.24) is 25.3 Å². The third-order valence-electron chi connectivity index (χ3n) is 8.33. The molecule has 0 aliphatic carbocycles. The standard InChI is InChI=1S/C36H40FN5O4/c1-25(27-14-16-31(37)17-15-27)39-34(44)28-12-9-13-29(21-28)35(45)40-32(20-26-10-5-4-6-11-26)33(43)24-42-23-30(22-38-42)36(46)41-18-7-2-3-8-19-41/h4-6,9-17,21-23,25,32-33,43H,2-3,7-8,18-20,24H2,1H3,(H,39,44)(H,40,45)/t25-,32+,33+/m1/s1. The number of amides is 3. The monoisotopic (exact) mass is 625 g/mol. The van der Waals surface area contributed by atoms with E-state index in [1.54, 1.807) is 43.5 Å². The van der Waals surface area contributed by atoms with Gasteiger partial charge in [0.1, 0.15) is 5.82 Å². The summed E-state index contributed by atoms with van der Waals surface area (Å²) >= 11 is 0. The molecule has 1 fully saturated rings. The van der Waals surface area contributed by atoms with E-state index >= 15 is 0 Å². The lowest BCUT2D eigenvalue weighted by Crippen LogP contribution is -2.46. The number of nitrogens with zero attached hydrogens (tertiary/aromatic N) is 3. The minimum Gasteiger partial charge on any atom is -0.389 e. The number of hydrogen-bond donors (Lipinski definition) is 3. The molecule has 0 bridgehead atoms. The minimum atomic E-state index is -1.03. The number of carbonyl (C=O) groups is 3. The summed E-state index contributed by atoms with van der Waals surface area (Å²) in [7, 11) is 0. The highest BCUT2D eigenvalue weighted by molar-refractivity contribution is 6.00. The molecule has 1 aliphatic heterocycles. The van der Waals surface area contributed by atoms with Crippen LogP contribution in [0.15, 0.2) is 91.3 Å². The molecular weight excluding hydrogens is 585 g/mol. The van der Waals surface area contributed by atoms with E-state index in [9.17, 15) is 23.9 Å². The summed E-state index contributed by atoms with van der Waals surface area (Å²) in [6.07, 6.45) is 6.71. The van der Waals surface area contributed by atoms with E-state index < -0.39 is 18.1 Å². The fraction of sp³-hybridized carbons (Fsp3) is 0.333. The summed E-state index contributed by atoms with van der Waals surface area (Å²) in [6, 6.07) is 20.7. The van der Waals surface area contributed by atoms with Crippen molar-refractivity contribution in [2.45, 2.75) is 63.8 Å². The van der Waals surface area contributed by atoms with Crippen molar-refractivity contribution in [3.05, 3.63) is 125 Å². The average Bonchev–Trinajstić information content (AvgIpc) is 3.36. The molecule has 3 N–H and O–H groups in total. The molecule has 0 unspecified atom stereocenters. The maximum absolute atomic E-state index is 13.5. The van der Waals surface area contributed by atoms with Crippen LogP contribution in [0, 0.1) is 5.82 Å². The molecule has 1 saturated heterocycles. The van der Waals surface area contributed by atoms with Gasteiger partial charge in [0, 0.05) is 30.4 Å². The summed E-state index contributed by atoms with van der Waals surface area (Å²) < 4.78 is 14.9. The molecule has 0 saturated carbocycles. The third kappa shape index (κ3) is 8.66. The molecule has 1 aromatic heterocycles. The van der Waals surface area contributed by atoms with E-state index in [4.69, 9.17) is 0 Å². The molecule has 1 aliphatic rings. The highest BCUT2D eigenvalue weighted by atomic mass is 19.1. The topological polar surface area (TPSA) is 117 Å². The molecule has 10 heteroatoms. The number of benzene rings is 3. The summed E-state index contributed by atoms with van der Waals surface area (Å²) in [6.45, 7) is 3.32. The van der Waals surface area contributed by atoms with E-state index in [0.29, 0.717) is 17.5 Å². The third-order valence-corrected chi connectivity index (χ3v) is 8.33. The van der Waals surface area contributed by atoms with Gasteiger partial charge in [0.2, 0.25) is 0 Å². The van der Waals surface area contributed by atoms with Crippen molar-refractivity contribution < 1.29 is 23.9 Å². The van der Waals surface area contributed by atoms with Crippen molar-refractivity contribution in [3.8, 4) is 0 Å². The van der Waals surface area contributed by atoms with Crippen LogP contribution in [-0.4, -0.2) is 62.7 Å². The zero-order valence-corrected chi connectivity index (χ0v) is 25.9. The van der Waals surface area contributed by atoms with Crippen LogP contribution >= 0.6 is 0 Å². The van der Waals surface area contributed by atoms with Gasteiger partial charge in [-0.25, -0.2) is 4.39 Å². The van der Waals surface area contributed by atoms with E-state index in [-0.39, 0.29) is 35.8 Å². The molecule has 3 atom stereocenters. The van der Waals surface area contributed by atoms with Gasteiger partial charge in [0.05, 0.1) is 36.5 Å². The van der Waals surface area contributed by atoms with E-state index in [1.807, 2.05) is 35.2 Å². The van der Waals surface area contributed by atoms with Crippen LogP contribution in [0.3, 0.4) is 0 Å². The fourth-order valence-corrected chi connectivity index (χ4v) is 5.67. The van der Waals surface area contributed by atoms with Gasteiger partial charge in [-0.05, 0) is 67.6 Å². The predicted octanol–water partition coefficient (Wildman–Crippen LogP) is 4.93. The summed E-state index contributed by atoms with van der Waals surface area (Å²) in [4.78, 5) is 41.4. The number of hydrogen-bond acceptors (Lipinski definition) is 5. The predicted molar refractivity (Wildman–Crippen MR) is 173 cm³/mol. The van der Waals surface area contributed by atoms with E-state index in [2.05, 4.69) is 15.7 Å². The number of halogens is 1. The van der Waals surface area contributed by atoms with Crippen LogP contribution < -0.4 is 10.6 Å². The normalized spacial score (nSPS) is 15.3. The molecule has 9 nitrogen and oxygen atoms in total. The molecule has 0 spiro atoms. The number of nitrogens with one attached hydrogen (secondary N) is 2. The molecule has 0 radical (unpaired) electrons. The van der Waals surface area contributed by atoms with Crippen LogP contribution in [-0.2, 0) is 13.0 Å². The number of aliphatic hydroxyl groups excluding tert-OH is 1. The smallest absolute Gasteiger partial charge is 0.257 e. The Labute approximate surface area is 268 Å². The maximum atomic E-state index is 13.5. The molecule has 3 aromatic carbocycles. The highest BCUT2D eigenvalue weighted by Crippen LogP contribution is 2.17. The molecular formula is C36H40FN5O4. The quantitative estimate of drug-likeness (QED) is 0.219. The van der Waals surface area contributed by atoms with E-state index in [0.717, 1.165) is 49.9 Å². The first-order chi connectivity index (χ1) is 22.3. The molecule has 4 aromatic rings. The maximum Gasteiger partial charge on any atom is 0.257 e. The number of aliphatic hydroxyl groups is 1. The number of rotatable bonds is 11. The van der Waals surface area contributed by atoms with Crippen molar-refractivity contribution in [2.24, 2.45) is 0 Å². The Hall–Kier alpha value is -4.83. The van der Waals surface area contributed by atoms with Gasteiger partial charge in [0.25, 0.3) is 17.7 Å². The van der Waals surface area contributed by atoms with Gasteiger partial charge in [-0.1, -0.05) is 61.4 Å². The second kappa shape index (κ2) is 15.4. The summed E-state index contributed by atoms with van der Waals surface area (Å²) in [5, 5.41) is 21.5. The first-order valence-corrected chi connectivity index (χ1v) is 15.8. The second-order valence-corrected chi connectivity index (χ2v) is 11.8. The largest absolute Gasteiger partial charge is 0.389 e. The van der Waals surface area contributed by atoms with Crippen LogP contribution in [0.1, 0.15) is 80.8 Å². The van der Waals surface area contributed by atoms with Crippen molar-refractivity contribution >= 4 is 17.7 Å². The SMILES string of the molecule is C[C@@H](NC(=O)c1cccc(C(=O)N[C@@H](Cc2ccccc2)[C@@H](O)Cn2cc(C(=O)N3CCCCCC3)cn2)c1)c1ccc(F)cc1. The Morgan fingerprint density at radius 3 is 2.17 bits per heavy atom. The fourth-order valence-electron chi connectivity index (χ4n) is 5.67. The molecule has 2 heterocycles. The lowest BCUT2D eigenvalue weighted by Gasteiger charge is -2.25. The van der Waals surface area contributed by atoms with Gasteiger partial charge in [-0.2, -0.15) is 5.10 Å². The van der Waals surface area contributed by atoms with Crippen molar-refractivity contribution in [3.63, 3.8) is 0 Å². The van der Waals surface area contributed by atoms with Gasteiger partial charge < -0.3 is 20.6 Å². The lowest BCUT2D eigenvalue weighted by molar-refractivity contribution is 0.0760. The van der Waals surface area contributed by atoms with Gasteiger partial charge in [0.15, 0.2) is 0 Å². The summed E-state index contributed by atoms with van der Waals surface area (Å²) in [5.74, 6) is -1.24. The van der Waals surface area contributed by atoms with Crippen molar-refractivity contribution in [1.29, 1.82) is 0 Å². The Kier molecular flexibility index (Phi) is 10.9. The lowest BCUT2D eigenvalue weighted by atomic mass is 10.00. The first kappa shape index (κ1) is 32.6. The Bertz CT molecular complexity index is 1620. The number of carbonyl (C=O) groups excluding carboxylic acids is 3. The number of likely N-dealkylation sites (tertiary alicyclic amines) is 1. The van der Waals surface area contributed by atoms with Crippen molar-refractivity contribution in [2.75, 3.05) is 13.1 Å². The zero-order chi connectivity index (χ0) is 32.5. The molecule has 5 rings (SSSR count). The van der Waals surface area contributed by atoms with Crippen LogP contribution in [0.25, 0.3) is 0 Å². The number of aromatic nitrogens is 2. The second-order valence-electron chi connectivity index (χ2n) is 11.8. The van der Waals surface area contributed by atoms with Gasteiger partial charge in [-0.15, -0.1) is 0 Å². The average molecular weight is 626 g/mol. The van der Waals surface area contributed by atoms with Gasteiger partial charge >= 0.3 is 0 Å². The Morgan fingerprint density at radius 1 is 0.848 bits per heavy atom. The van der Waals surface area contributed by atoms with Gasteiger partial charge in [-0.3, -0.25) is 19.1 Å². The van der Waals surface area contributed by atoms with Crippen LogP contribution in [0.4, 0.5) is 4.39 Å². The first-order valence-electron chi connectivity index (χ1n) is 15.8. The summed E-state index contributed by atoms with van der Waals surface area (Å²) in [5.41, 5.74) is 2.70. The van der Waals surface area contributed by atoms with Crippen LogP contribution in [0.2, 0.25) is 0 Å². The zero-order valence-electron chi connectivity index (χ0n) is 25.9. The van der Waals surface area contributed by atoms with Crippen LogP contribution in [0.5, 0.6) is 0 Å². The Balaban J connectivity index is 1.27. The molecule has 3 amide bonds. The van der Waals surface area contributed by atoms with E-state index in [1.165, 1.54) is 29.1 Å². The molecule has 46 heavy (non-hydrogen) atoms. The highest BCUT2D eigenvalue weighted by Gasteiger charge is 2.25. The minimum absolute atomic E-state index is 0.0623.